The van der Waals surface area contributed by atoms with Crippen molar-refractivity contribution in [2.45, 2.75) is 44.9 Å². The number of rotatable bonds is 11. The van der Waals surface area contributed by atoms with E-state index >= 15 is 0 Å². The van der Waals surface area contributed by atoms with Gasteiger partial charge in [0, 0.05) is 25.9 Å². The predicted octanol–water partition coefficient (Wildman–Crippen LogP) is -0.205. The van der Waals surface area contributed by atoms with Gasteiger partial charge in [-0.05, 0) is 25.7 Å². The van der Waals surface area contributed by atoms with Crippen LogP contribution in [-0.2, 0) is 4.79 Å². The van der Waals surface area contributed by atoms with Gasteiger partial charge in [0.25, 0.3) is 0 Å². The Morgan fingerprint density at radius 3 is 1.48 bits per heavy atom. The summed E-state index contributed by atoms with van der Waals surface area (Å²) in [6.07, 6.45) is 4.58. The molecule has 0 atom stereocenters. The molecule has 0 saturated heterocycles. The van der Waals surface area contributed by atoms with Crippen molar-refractivity contribution in [3.8, 4) is 0 Å². The van der Waals surface area contributed by atoms with Crippen molar-refractivity contribution in [3.63, 3.8) is 0 Å². The minimum atomic E-state index is -0.675. The lowest BCUT2D eigenvalue weighted by molar-refractivity contribution is -0.119. The van der Waals surface area contributed by atoms with E-state index in [9.17, 15) is 14.4 Å². The molecule has 0 aromatic carbocycles. The molecule has 0 aliphatic carbocycles. The van der Waals surface area contributed by atoms with E-state index in [4.69, 9.17) is 23.2 Å². The third-order valence-electron chi connectivity index (χ3n) is 3.03. The Balaban J connectivity index is 3.47. The van der Waals surface area contributed by atoms with E-state index in [0.717, 1.165) is 22.9 Å². The van der Waals surface area contributed by atoms with Crippen LogP contribution in [0.2, 0.25) is 0 Å². The standard InChI is InChI=1S/C12H26N6O3/c13-11(20)17(15)8-4-1-2-6-10(19)7-3-5-9-18(16)12(14)21/h1-9,15-16H2,(H2,13,20)(H2,14,21). The van der Waals surface area contributed by atoms with Crippen LogP contribution >= 0.6 is 0 Å². The topological polar surface area (TPSA) is 162 Å². The van der Waals surface area contributed by atoms with Crippen LogP contribution in [0.4, 0.5) is 9.59 Å². The molecule has 4 amide bonds. The lowest BCUT2D eigenvalue weighted by Gasteiger charge is -2.13. The van der Waals surface area contributed by atoms with Crippen LogP contribution in [0.15, 0.2) is 0 Å². The lowest BCUT2D eigenvalue weighted by atomic mass is 10.1. The van der Waals surface area contributed by atoms with Crippen LogP contribution in [0.3, 0.4) is 0 Å². The first-order valence-electron chi connectivity index (χ1n) is 6.99. The third kappa shape index (κ3) is 10.6. The van der Waals surface area contributed by atoms with Crippen molar-refractivity contribution in [2.75, 3.05) is 13.1 Å². The lowest BCUT2D eigenvalue weighted by Crippen LogP contribution is -2.41. The molecule has 0 rings (SSSR count). The van der Waals surface area contributed by atoms with E-state index in [1.54, 1.807) is 0 Å². The Labute approximate surface area is 124 Å². The second-order valence-corrected chi connectivity index (χ2v) is 4.87. The summed E-state index contributed by atoms with van der Waals surface area (Å²) in [5.74, 6) is 10.8. The van der Waals surface area contributed by atoms with Crippen LogP contribution in [0.1, 0.15) is 44.9 Å². The Morgan fingerprint density at radius 2 is 1.05 bits per heavy atom. The molecule has 0 radical (unpaired) electrons. The first-order chi connectivity index (χ1) is 9.84. The number of ketones is 1. The number of primary amides is 2. The zero-order chi connectivity index (χ0) is 16.3. The average Bonchev–Trinajstić information content (AvgIpc) is 2.42. The molecular formula is C12H26N6O3. The number of carbonyl (C=O) groups excluding carboxylic acids is 3. The van der Waals surface area contributed by atoms with Crippen LogP contribution in [0, 0.1) is 0 Å². The Hall–Kier alpha value is -1.87. The fourth-order valence-electron chi connectivity index (χ4n) is 1.73. The molecule has 9 nitrogen and oxygen atoms in total. The zero-order valence-electron chi connectivity index (χ0n) is 12.3. The van der Waals surface area contributed by atoms with E-state index in [-0.39, 0.29) is 5.78 Å². The van der Waals surface area contributed by atoms with Gasteiger partial charge < -0.3 is 11.5 Å². The smallest absolute Gasteiger partial charge is 0.328 e. The summed E-state index contributed by atoms with van der Waals surface area (Å²) in [7, 11) is 0. The number of urea groups is 2. The zero-order valence-corrected chi connectivity index (χ0v) is 12.3. The van der Waals surface area contributed by atoms with Gasteiger partial charge in [-0.1, -0.05) is 6.42 Å². The Kier molecular flexibility index (Phi) is 9.90. The van der Waals surface area contributed by atoms with Gasteiger partial charge in [-0.15, -0.1) is 0 Å². The molecule has 0 unspecified atom stereocenters. The second-order valence-electron chi connectivity index (χ2n) is 4.87. The maximum atomic E-state index is 11.6. The van der Waals surface area contributed by atoms with E-state index in [0.29, 0.717) is 45.2 Å². The molecule has 0 aliphatic rings. The van der Waals surface area contributed by atoms with E-state index < -0.39 is 12.1 Å². The third-order valence-corrected chi connectivity index (χ3v) is 3.03. The quantitative estimate of drug-likeness (QED) is 0.179. The van der Waals surface area contributed by atoms with Crippen molar-refractivity contribution in [1.29, 1.82) is 0 Å². The number of nitrogens with zero attached hydrogens (tertiary/aromatic N) is 2. The predicted molar refractivity (Wildman–Crippen MR) is 78.3 cm³/mol. The molecule has 9 heteroatoms. The fourth-order valence-corrected chi connectivity index (χ4v) is 1.73. The summed E-state index contributed by atoms with van der Waals surface area (Å²) in [6, 6.07) is -1.33. The van der Waals surface area contributed by atoms with Crippen LogP contribution in [-0.4, -0.2) is 41.0 Å². The first kappa shape index (κ1) is 19.1. The number of hydrazine groups is 2. The number of nitrogens with two attached hydrogens (primary N) is 4. The van der Waals surface area contributed by atoms with Crippen molar-refractivity contribution >= 4 is 17.8 Å². The van der Waals surface area contributed by atoms with Gasteiger partial charge in [0.1, 0.15) is 5.78 Å². The summed E-state index contributed by atoms with van der Waals surface area (Å²) >= 11 is 0. The van der Waals surface area contributed by atoms with Gasteiger partial charge in [-0.25, -0.2) is 21.3 Å². The van der Waals surface area contributed by atoms with Crippen LogP contribution < -0.4 is 23.2 Å². The number of hydrogen-bond acceptors (Lipinski definition) is 5. The molecule has 0 aliphatic heterocycles. The van der Waals surface area contributed by atoms with E-state index in [1.165, 1.54) is 0 Å². The van der Waals surface area contributed by atoms with Gasteiger partial charge in [0.2, 0.25) is 0 Å². The summed E-state index contributed by atoms with van der Waals surface area (Å²) < 4.78 is 0. The van der Waals surface area contributed by atoms with E-state index in [1.807, 2.05) is 0 Å². The Bertz CT molecular complexity index is 350. The second kappa shape index (κ2) is 10.9. The molecule has 0 bridgehead atoms. The molecule has 21 heavy (non-hydrogen) atoms. The monoisotopic (exact) mass is 302 g/mol. The van der Waals surface area contributed by atoms with Crippen LogP contribution in [0.25, 0.3) is 0 Å². The molecular weight excluding hydrogens is 276 g/mol. The van der Waals surface area contributed by atoms with Gasteiger partial charge in [0.05, 0.1) is 0 Å². The molecule has 122 valence electrons. The molecule has 0 aromatic rings. The highest BCUT2D eigenvalue weighted by Gasteiger charge is 2.06. The number of Topliss-reactive ketones (excluding diaryl/α,β-unsaturated/α-hetero) is 1. The largest absolute Gasteiger partial charge is 0.350 e. The maximum absolute atomic E-state index is 11.6. The summed E-state index contributed by atoms with van der Waals surface area (Å²) in [4.78, 5) is 32.9. The first-order valence-corrected chi connectivity index (χ1v) is 6.99. The molecule has 0 spiro atoms. The average molecular weight is 302 g/mol. The summed E-state index contributed by atoms with van der Waals surface area (Å²) in [5.41, 5.74) is 9.94. The molecule has 0 fully saturated rings. The number of unbranched alkanes of at least 4 members (excludes halogenated alkanes) is 3. The molecule has 8 N–H and O–H groups in total. The fraction of sp³-hybridized carbons (Fsp3) is 0.750. The molecule has 0 aromatic heterocycles. The van der Waals surface area contributed by atoms with Crippen molar-refractivity contribution in [2.24, 2.45) is 23.2 Å². The highest BCUT2D eigenvalue weighted by Crippen LogP contribution is 2.06. The number of amides is 4. The van der Waals surface area contributed by atoms with Crippen molar-refractivity contribution in [3.05, 3.63) is 0 Å². The van der Waals surface area contributed by atoms with Crippen LogP contribution in [0.5, 0.6) is 0 Å². The van der Waals surface area contributed by atoms with Crippen molar-refractivity contribution in [1.82, 2.24) is 10.0 Å². The summed E-state index contributed by atoms with van der Waals surface area (Å²) in [6.45, 7) is 0.741. The highest BCUT2D eigenvalue weighted by atomic mass is 16.2. The van der Waals surface area contributed by atoms with Gasteiger partial charge in [0.15, 0.2) is 0 Å². The molecule has 0 heterocycles. The normalized spacial score (nSPS) is 10.2. The van der Waals surface area contributed by atoms with Crippen molar-refractivity contribution < 1.29 is 14.4 Å². The highest BCUT2D eigenvalue weighted by molar-refractivity contribution is 5.78. The minimum Gasteiger partial charge on any atom is -0.350 e. The maximum Gasteiger partial charge on any atom is 0.328 e. The Morgan fingerprint density at radius 1 is 0.667 bits per heavy atom. The molecule has 0 saturated carbocycles. The minimum absolute atomic E-state index is 0.178. The number of carbonyl (C=O) groups is 3. The van der Waals surface area contributed by atoms with Gasteiger partial charge in [-0.2, -0.15) is 0 Å². The van der Waals surface area contributed by atoms with Gasteiger partial charge >= 0.3 is 12.1 Å². The SMILES string of the molecule is NC(=O)N(N)CCCCCC(=O)CCCCN(N)C(N)=O. The van der Waals surface area contributed by atoms with Gasteiger partial charge in [-0.3, -0.25) is 14.8 Å². The number of hydrogen-bond donors (Lipinski definition) is 4. The van der Waals surface area contributed by atoms with E-state index in [2.05, 4.69) is 0 Å². The summed E-state index contributed by atoms with van der Waals surface area (Å²) in [5, 5.41) is 1.89.